The number of aliphatic hydroxyl groups is 1. The summed E-state index contributed by atoms with van der Waals surface area (Å²) in [6, 6.07) is 0. The predicted octanol–water partition coefficient (Wildman–Crippen LogP) is -0.817. The minimum atomic E-state index is -1.42. The van der Waals surface area contributed by atoms with Gasteiger partial charge in [0.25, 0.3) is 0 Å². The smallest absolute Gasteiger partial charge is 0.224 e. The van der Waals surface area contributed by atoms with Crippen molar-refractivity contribution in [2.75, 3.05) is 69.6 Å². The zero-order valence-corrected chi connectivity index (χ0v) is 18.8. The Morgan fingerprint density at radius 3 is 1.83 bits per heavy atom. The van der Waals surface area contributed by atoms with Gasteiger partial charge in [-0.3, -0.25) is 0 Å². The van der Waals surface area contributed by atoms with Crippen LogP contribution in [0.2, 0.25) is 0 Å². The Morgan fingerprint density at radius 1 is 0.733 bits per heavy atom. The van der Waals surface area contributed by atoms with Gasteiger partial charge in [-0.2, -0.15) is 0 Å². The van der Waals surface area contributed by atoms with Crippen molar-refractivity contribution in [1.29, 1.82) is 0 Å². The average molecular weight is 440 g/mol. The molecule has 0 saturated carbocycles. The monoisotopic (exact) mass is 440 g/mol. The Kier molecular flexibility index (Phi) is 10.3. The van der Waals surface area contributed by atoms with E-state index < -0.39 is 54.8 Å². The first-order valence-corrected chi connectivity index (χ1v) is 9.74. The van der Waals surface area contributed by atoms with Crippen molar-refractivity contribution in [3.8, 4) is 0 Å². The third-order valence-electron chi connectivity index (χ3n) is 5.56. The molecule has 0 aromatic carbocycles. The molecule has 9 atom stereocenters. The predicted molar refractivity (Wildman–Crippen MR) is 102 cm³/mol. The van der Waals surface area contributed by atoms with Crippen LogP contribution in [0.4, 0.5) is 0 Å². The second-order valence-electron chi connectivity index (χ2n) is 7.16. The van der Waals surface area contributed by atoms with Gasteiger partial charge in [-0.25, -0.2) is 0 Å². The fourth-order valence-electron chi connectivity index (χ4n) is 4.28. The molecule has 0 aromatic heterocycles. The van der Waals surface area contributed by atoms with Crippen molar-refractivity contribution >= 4 is 0 Å². The van der Waals surface area contributed by atoms with Crippen molar-refractivity contribution in [2.24, 2.45) is 0 Å². The normalized spacial score (nSPS) is 42.0. The lowest BCUT2D eigenvalue weighted by Crippen LogP contribution is -2.64. The van der Waals surface area contributed by atoms with Gasteiger partial charge in [0.15, 0.2) is 6.29 Å². The molecule has 11 nitrogen and oxygen atoms in total. The maximum atomic E-state index is 9.78. The molecule has 0 bridgehead atoms. The number of hydrogen-bond acceptors (Lipinski definition) is 11. The number of aliphatic hydroxyl groups excluding tert-OH is 1. The summed E-state index contributed by atoms with van der Waals surface area (Å²) >= 11 is 0. The molecular weight excluding hydrogens is 404 g/mol. The molecule has 2 saturated heterocycles. The highest BCUT2D eigenvalue weighted by molar-refractivity contribution is 5.01. The van der Waals surface area contributed by atoms with Crippen molar-refractivity contribution in [1.82, 2.24) is 0 Å². The van der Waals surface area contributed by atoms with Crippen molar-refractivity contribution in [3.05, 3.63) is 0 Å². The van der Waals surface area contributed by atoms with Crippen LogP contribution in [-0.4, -0.2) is 130 Å². The fraction of sp³-hybridized carbons (Fsp3) is 1.00. The van der Waals surface area contributed by atoms with Crippen LogP contribution in [0.25, 0.3) is 0 Å². The van der Waals surface area contributed by atoms with Crippen LogP contribution in [0.15, 0.2) is 0 Å². The molecule has 2 aliphatic rings. The van der Waals surface area contributed by atoms with Gasteiger partial charge in [0, 0.05) is 49.8 Å². The largest absolute Gasteiger partial charge is 0.394 e. The van der Waals surface area contributed by atoms with Gasteiger partial charge in [0.05, 0.1) is 13.2 Å². The van der Waals surface area contributed by atoms with E-state index >= 15 is 0 Å². The highest BCUT2D eigenvalue weighted by Crippen LogP contribution is 2.40. The second kappa shape index (κ2) is 12.0. The van der Waals surface area contributed by atoms with Gasteiger partial charge in [-0.1, -0.05) is 0 Å². The molecule has 0 spiro atoms. The summed E-state index contributed by atoms with van der Waals surface area (Å²) in [6.45, 7) is -0.0376. The first-order valence-electron chi connectivity index (χ1n) is 9.74. The SMILES string of the molecule is COC[C@H]1O[C@H](O[C@]2(COC)O[C@H](CO)[C@@H](OC)[C@@H]2OC)[C@H](OC)[C@@H](OC)[C@@H]1OC. The van der Waals surface area contributed by atoms with Crippen molar-refractivity contribution in [3.63, 3.8) is 0 Å². The molecule has 0 radical (unpaired) electrons. The maximum absolute atomic E-state index is 9.78. The van der Waals surface area contributed by atoms with Crippen LogP contribution in [-0.2, 0) is 47.4 Å². The average Bonchev–Trinajstić information content (AvgIpc) is 3.05. The lowest BCUT2D eigenvalue weighted by atomic mass is 9.98. The van der Waals surface area contributed by atoms with Gasteiger partial charge >= 0.3 is 0 Å². The van der Waals surface area contributed by atoms with E-state index in [0.717, 1.165) is 0 Å². The van der Waals surface area contributed by atoms with Gasteiger partial charge in [0.1, 0.15) is 49.3 Å². The van der Waals surface area contributed by atoms with E-state index in [1.807, 2.05) is 0 Å². The van der Waals surface area contributed by atoms with E-state index in [1.165, 1.54) is 28.4 Å². The molecule has 11 heteroatoms. The minimum Gasteiger partial charge on any atom is -0.394 e. The van der Waals surface area contributed by atoms with E-state index in [1.54, 1.807) is 21.3 Å². The molecule has 0 aliphatic carbocycles. The molecule has 2 rings (SSSR count). The van der Waals surface area contributed by atoms with Crippen LogP contribution in [0.3, 0.4) is 0 Å². The molecule has 2 fully saturated rings. The maximum Gasteiger partial charge on any atom is 0.224 e. The fourth-order valence-corrected chi connectivity index (χ4v) is 4.28. The minimum absolute atomic E-state index is 0.00153. The zero-order valence-electron chi connectivity index (χ0n) is 18.8. The highest BCUT2D eigenvalue weighted by Gasteiger charge is 2.60. The standard InChI is InChI=1S/C19H36O11/c1-21-9-12-13(23-3)15(25-5)16(26-6)18(28-12)30-19(10-22-2)17(27-7)14(24-4)11(8-20)29-19/h11-18,20H,8-10H2,1-7H3/t11-,12-,13-,14-,15+,16-,17+,18-,19+/m1/s1. The first-order chi connectivity index (χ1) is 14.5. The molecule has 178 valence electrons. The number of hydrogen-bond donors (Lipinski definition) is 1. The number of methoxy groups -OCH3 is 7. The molecular formula is C19H36O11. The molecule has 1 N–H and O–H groups in total. The Morgan fingerprint density at radius 2 is 1.37 bits per heavy atom. The zero-order chi connectivity index (χ0) is 22.3. The summed E-state index contributed by atoms with van der Waals surface area (Å²) in [5, 5.41) is 9.78. The Hall–Kier alpha value is -0.440. The summed E-state index contributed by atoms with van der Waals surface area (Å²) in [7, 11) is 10.8. The summed E-state index contributed by atoms with van der Waals surface area (Å²) < 4.78 is 57.3. The lowest BCUT2D eigenvalue weighted by molar-refractivity contribution is -0.390. The van der Waals surface area contributed by atoms with Gasteiger partial charge in [-0.05, 0) is 0 Å². The van der Waals surface area contributed by atoms with Crippen LogP contribution in [0.1, 0.15) is 0 Å². The second-order valence-corrected chi connectivity index (χ2v) is 7.16. The van der Waals surface area contributed by atoms with E-state index in [-0.39, 0.29) is 19.8 Å². The molecule has 2 aliphatic heterocycles. The molecule has 0 amide bonds. The Bertz CT molecular complexity index is 495. The molecule has 0 unspecified atom stereocenters. The molecule has 0 aromatic rings. The van der Waals surface area contributed by atoms with Crippen LogP contribution < -0.4 is 0 Å². The van der Waals surface area contributed by atoms with E-state index in [4.69, 9.17) is 47.4 Å². The van der Waals surface area contributed by atoms with Crippen molar-refractivity contribution in [2.45, 2.75) is 54.8 Å². The molecule has 2 heterocycles. The van der Waals surface area contributed by atoms with E-state index in [9.17, 15) is 5.11 Å². The quantitative estimate of drug-likeness (QED) is 0.411. The van der Waals surface area contributed by atoms with Crippen LogP contribution in [0.5, 0.6) is 0 Å². The van der Waals surface area contributed by atoms with Crippen LogP contribution >= 0.6 is 0 Å². The Balaban J connectivity index is 2.38. The number of ether oxygens (including phenoxy) is 10. The van der Waals surface area contributed by atoms with Gasteiger partial charge < -0.3 is 52.5 Å². The third-order valence-corrected chi connectivity index (χ3v) is 5.56. The van der Waals surface area contributed by atoms with Gasteiger partial charge in [-0.15, -0.1) is 0 Å². The van der Waals surface area contributed by atoms with Crippen molar-refractivity contribution < 1.29 is 52.5 Å². The highest BCUT2D eigenvalue weighted by atomic mass is 16.8. The summed E-state index contributed by atoms with van der Waals surface area (Å²) in [6.07, 6.45) is -5.01. The Labute approximate surface area is 177 Å². The summed E-state index contributed by atoms with van der Waals surface area (Å²) in [5.41, 5.74) is 0. The van der Waals surface area contributed by atoms with E-state index in [0.29, 0.717) is 0 Å². The number of rotatable bonds is 12. The lowest BCUT2D eigenvalue weighted by Gasteiger charge is -2.47. The summed E-state index contributed by atoms with van der Waals surface area (Å²) in [4.78, 5) is 0. The van der Waals surface area contributed by atoms with E-state index in [2.05, 4.69) is 0 Å². The topological polar surface area (TPSA) is 113 Å². The molecule has 30 heavy (non-hydrogen) atoms. The summed E-state index contributed by atoms with van der Waals surface area (Å²) in [5.74, 6) is -1.42. The first kappa shape index (κ1) is 25.8. The van der Waals surface area contributed by atoms with Crippen LogP contribution in [0, 0.1) is 0 Å². The van der Waals surface area contributed by atoms with Gasteiger partial charge in [0.2, 0.25) is 5.79 Å². The third kappa shape index (κ3) is 4.97.